The van der Waals surface area contributed by atoms with Crippen molar-refractivity contribution >= 4 is 23.8 Å². The third-order valence-corrected chi connectivity index (χ3v) is 6.21. The summed E-state index contributed by atoms with van der Waals surface area (Å²) in [7, 11) is -4.03. The summed E-state index contributed by atoms with van der Waals surface area (Å²) in [6.45, 7) is 2.21. The summed E-state index contributed by atoms with van der Waals surface area (Å²) in [5, 5.41) is 10.3. The first-order valence-corrected chi connectivity index (χ1v) is 14.0. The van der Waals surface area contributed by atoms with Crippen LogP contribution in [0.25, 0.3) is 0 Å². The number of phosphoric acid groups is 1. The molecule has 2 unspecified atom stereocenters. The number of hydrogen-bond donors (Lipinski definition) is 2. The van der Waals surface area contributed by atoms with Gasteiger partial charge in [0.15, 0.2) is 0 Å². The molecule has 170 valence electrons. The second kappa shape index (κ2) is 20.8. The van der Waals surface area contributed by atoms with Gasteiger partial charge >= 0.3 is 7.82 Å². The maximum Gasteiger partial charge on any atom is 0.472 e. The summed E-state index contributed by atoms with van der Waals surface area (Å²) >= 11 is 3.11. The molecule has 2 atom stereocenters. The lowest BCUT2D eigenvalue weighted by atomic mass is 10.0. The van der Waals surface area contributed by atoms with Gasteiger partial charge in [0.2, 0.25) is 0 Å². The van der Waals surface area contributed by atoms with Gasteiger partial charge in [0, 0.05) is 5.33 Å². The van der Waals surface area contributed by atoms with E-state index in [1.165, 1.54) is 83.5 Å². The van der Waals surface area contributed by atoms with Crippen LogP contribution in [0.1, 0.15) is 110 Å². The number of halogens is 1. The van der Waals surface area contributed by atoms with Crippen molar-refractivity contribution in [2.75, 3.05) is 18.5 Å². The van der Waals surface area contributed by atoms with Gasteiger partial charge in [-0.05, 0) is 6.42 Å². The normalized spacial score (nSPS) is 14.9. The molecule has 0 aliphatic heterocycles. The van der Waals surface area contributed by atoms with E-state index in [0.29, 0.717) is 11.8 Å². The average Bonchev–Trinajstić information content (AvgIpc) is 2.68. The number of rotatable bonds is 22. The summed E-state index contributed by atoms with van der Waals surface area (Å²) in [6, 6.07) is 0. The Bertz CT molecular complexity index is 371. The van der Waals surface area contributed by atoms with Crippen LogP contribution in [0.4, 0.5) is 0 Å². The molecule has 0 radical (unpaired) electrons. The van der Waals surface area contributed by atoms with Gasteiger partial charge < -0.3 is 10.00 Å². The van der Waals surface area contributed by atoms with E-state index in [1.807, 2.05) is 0 Å². The summed E-state index contributed by atoms with van der Waals surface area (Å²) in [5.74, 6) is 0. The Balaban J connectivity index is 3.29. The Morgan fingerprint density at radius 3 is 1.64 bits per heavy atom. The second-order valence-electron chi connectivity index (χ2n) is 7.68. The zero-order valence-corrected chi connectivity index (χ0v) is 20.4. The van der Waals surface area contributed by atoms with Gasteiger partial charge in [0.1, 0.15) is 0 Å². The molecular weight excluding hydrogens is 443 g/mol. The van der Waals surface area contributed by atoms with E-state index in [-0.39, 0.29) is 13.2 Å². The minimum Gasteiger partial charge on any atom is -0.391 e. The van der Waals surface area contributed by atoms with Crippen LogP contribution < -0.4 is 0 Å². The van der Waals surface area contributed by atoms with Gasteiger partial charge in [-0.1, -0.05) is 119 Å². The van der Waals surface area contributed by atoms with Crippen molar-refractivity contribution in [3.8, 4) is 0 Å². The summed E-state index contributed by atoms with van der Waals surface area (Å²) in [4.78, 5) is 9.38. The number of alkyl halides is 1. The van der Waals surface area contributed by atoms with E-state index in [9.17, 15) is 14.6 Å². The van der Waals surface area contributed by atoms with Gasteiger partial charge in [0.25, 0.3) is 0 Å². The van der Waals surface area contributed by atoms with Crippen LogP contribution >= 0.6 is 23.8 Å². The standard InChI is InChI=1S/C21H44BrO5P/c1-2-3-4-5-6-7-8-9-10-11-12-13-14-15-16-17-21(23)20-27-28(24,25)26-19-18-22/h21,23H,2-20H2,1H3,(H,24,25). The molecule has 0 amide bonds. The van der Waals surface area contributed by atoms with Gasteiger partial charge in [-0.15, -0.1) is 0 Å². The fourth-order valence-corrected chi connectivity index (χ4v) is 4.37. The van der Waals surface area contributed by atoms with Crippen LogP contribution in [-0.4, -0.2) is 34.6 Å². The highest BCUT2D eigenvalue weighted by atomic mass is 79.9. The minimum absolute atomic E-state index is 0.100. The Labute approximate surface area is 181 Å². The predicted molar refractivity (Wildman–Crippen MR) is 121 cm³/mol. The first-order valence-electron chi connectivity index (χ1n) is 11.4. The molecule has 0 aromatic carbocycles. The fraction of sp³-hybridized carbons (Fsp3) is 1.00. The van der Waals surface area contributed by atoms with Crippen LogP contribution in [0.5, 0.6) is 0 Å². The van der Waals surface area contributed by atoms with Gasteiger partial charge in [0.05, 0.1) is 19.3 Å². The van der Waals surface area contributed by atoms with Gasteiger partial charge in [-0.25, -0.2) is 4.57 Å². The van der Waals surface area contributed by atoms with E-state index in [2.05, 4.69) is 22.9 Å². The van der Waals surface area contributed by atoms with Crippen molar-refractivity contribution in [1.29, 1.82) is 0 Å². The van der Waals surface area contributed by atoms with Crippen LogP contribution in [0.3, 0.4) is 0 Å². The largest absolute Gasteiger partial charge is 0.472 e. The van der Waals surface area contributed by atoms with Crippen molar-refractivity contribution in [1.82, 2.24) is 0 Å². The van der Waals surface area contributed by atoms with Crippen LogP contribution in [0, 0.1) is 0 Å². The molecule has 0 saturated carbocycles. The molecule has 7 heteroatoms. The number of aliphatic hydroxyl groups is 1. The van der Waals surface area contributed by atoms with Crippen molar-refractivity contribution in [2.45, 2.75) is 116 Å². The molecule has 0 spiro atoms. The maximum absolute atomic E-state index is 11.5. The summed E-state index contributed by atoms with van der Waals surface area (Å²) < 4.78 is 20.9. The maximum atomic E-state index is 11.5. The highest BCUT2D eigenvalue weighted by molar-refractivity contribution is 9.09. The van der Waals surface area contributed by atoms with Crippen molar-refractivity contribution in [3.63, 3.8) is 0 Å². The third kappa shape index (κ3) is 21.3. The lowest BCUT2D eigenvalue weighted by Crippen LogP contribution is -2.15. The molecule has 28 heavy (non-hydrogen) atoms. The monoisotopic (exact) mass is 486 g/mol. The molecule has 2 N–H and O–H groups in total. The van der Waals surface area contributed by atoms with Crippen molar-refractivity contribution in [3.05, 3.63) is 0 Å². The Kier molecular flexibility index (Phi) is 21.2. The molecule has 5 nitrogen and oxygen atoms in total. The molecular formula is C21H44BrO5P. The van der Waals surface area contributed by atoms with E-state index in [1.54, 1.807) is 0 Å². The molecule has 0 saturated heterocycles. The van der Waals surface area contributed by atoms with Crippen LogP contribution in [0.15, 0.2) is 0 Å². The topological polar surface area (TPSA) is 76.0 Å². The molecule has 0 aliphatic carbocycles. The molecule has 0 fully saturated rings. The summed E-state index contributed by atoms with van der Waals surface area (Å²) in [5.41, 5.74) is 0. The predicted octanol–water partition coefficient (Wildman–Crippen LogP) is 7.14. The van der Waals surface area contributed by atoms with Gasteiger partial charge in [-0.2, -0.15) is 0 Å². The third-order valence-electron chi connectivity index (χ3n) is 4.90. The number of phosphoric ester groups is 1. The molecule has 0 aromatic heterocycles. The number of unbranched alkanes of at least 4 members (excludes halogenated alkanes) is 14. The molecule has 0 aliphatic rings. The zero-order chi connectivity index (χ0) is 20.9. The smallest absolute Gasteiger partial charge is 0.391 e. The Morgan fingerprint density at radius 1 is 0.786 bits per heavy atom. The van der Waals surface area contributed by atoms with E-state index < -0.39 is 13.9 Å². The quantitative estimate of drug-likeness (QED) is 0.0965. The lowest BCUT2D eigenvalue weighted by molar-refractivity contribution is 0.0685. The van der Waals surface area contributed by atoms with Gasteiger partial charge in [-0.3, -0.25) is 9.05 Å². The lowest BCUT2D eigenvalue weighted by Gasteiger charge is -2.14. The highest BCUT2D eigenvalue weighted by Crippen LogP contribution is 2.43. The van der Waals surface area contributed by atoms with Crippen LogP contribution in [-0.2, 0) is 13.6 Å². The van der Waals surface area contributed by atoms with Crippen molar-refractivity contribution < 1.29 is 23.6 Å². The van der Waals surface area contributed by atoms with E-state index in [0.717, 1.165) is 12.8 Å². The molecule has 0 aromatic rings. The fourth-order valence-electron chi connectivity index (χ4n) is 3.20. The zero-order valence-electron chi connectivity index (χ0n) is 18.0. The van der Waals surface area contributed by atoms with E-state index >= 15 is 0 Å². The Morgan fingerprint density at radius 2 is 1.21 bits per heavy atom. The number of aliphatic hydroxyl groups excluding tert-OH is 1. The minimum atomic E-state index is -4.03. The Hall–Kier alpha value is 0.550. The highest BCUT2D eigenvalue weighted by Gasteiger charge is 2.22. The number of hydrogen-bond acceptors (Lipinski definition) is 4. The second-order valence-corrected chi connectivity index (χ2v) is 9.93. The molecule has 0 heterocycles. The SMILES string of the molecule is CCCCCCCCCCCCCCCCCC(O)COP(=O)(O)OCCBr. The van der Waals surface area contributed by atoms with Crippen molar-refractivity contribution in [2.24, 2.45) is 0 Å². The molecule has 0 rings (SSSR count). The van der Waals surface area contributed by atoms with E-state index in [4.69, 9.17) is 9.05 Å². The first-order chi connectivity index (χ1) is 13.5. The first kappa shape index (κ1) is 28.5. The summed E-state index contributed by atoms with van der Waals surface area (Å²) in [6.07, 6.45) is 19.5. The average molecular weight is 487 g/mol. The van der Waals surface area contributed by atoms with Crippen LogP contribution in [0.2, 0.25) is 0 Å². The molecule has 0 bridgehead atoms.